The molecule has 2 aromatic rings. The fourth-order valence-corrected chi connectivity index (χ4v) is 4.37. The number of nitrogens with zero attached hydrogens (tertiary/aromatic N) is 3. The van der Waals surface area contributed by atoms with Crippen LogP contribution in [-0.2, 0) is 24.1 Å². The molecule has 1 fully saturated rings. The molecule has 9 heteroatoms. The van der Waals surface area contributed by atoms with Crippen LogP contribution in [0.2, 0.25) is 0 Å². The van der Waals surface area contributed by atoms with E-state index in [4.69, 9.17) is 9.72 Å². The largest absolute Gasteiger partial charge is 0.435 e. The number of fused-ring (bicyclic) bond motifs is 1. The fraction of sp³-hybridized carbons (Fsp3) is 0.542. The highest BCUT2D eigenvalue weighted by Crippen LogP contribution is 2.24. The molecular weight excluding hydrogens is 430 g/mol. The average molecular weight is 461 g/mol. The number of amides is 2. The lowest BCUT2D eigenvalue weighted by Gasteiger charge is -2.30. The Labute approximate surface area is 192 Å². The van der Waals surface area contributed by atoms with Crippen molar-refractivity contribution in [3.8, 4) is 5.75 Å². The number of aromatic nitrogens is 2. The SMILES string of the molecule is CC[C@H](NC(=O)N1CCc2cnc(CC3CCOCC3)nc2C1)c1ccc(OC(F)F)cc1. The molecule has 0 radical (unpaired) electrons. The van der Waals surface area contributed by atoms with Crippen molar-refractivity contribution in [1.82, 2.24) is 20.2 Å². The Balaban J connectivity index is 1.37. The molecule has 33 heavy (non-hydrogen) atoms. The quantitative estimate of drug-likeness (QED) is 0.668. The predicted molar refractivity (Wildman–Crippen MR) is 118 cm³/mol. The number of halogens is 2. The molecule has 0 unspecified atom stereocenters. The Morgan fingerprint density at radius 1 is 1.27 bits per heavy atom. The highest BCUT2D eigenvalue weighted by Gasteiger charge is 2.25. The number of hydrogen-bond donors (Lipinski definition) is 1. The molecule has 7 nitrogen and oxygen atoms in total. The topological polar surface area (TPSA) is 76.6 Å². The molecule has 2 aliphatic heterocycles. The van der Waals surface area contributed by atoms with Gasteiger partial charge in [0.15, 0.2) is 0 Å². The van der Waals surface area contributed by atoms with Crippen LogP contribution < -0.4 is 10.1 Å². The zero-order valence-corrected chi connectivity index (χ0v) is 18.8. The van der Waals surface area contributed by atoms with Crippen LogP contribution in [0.1, 0.15) is 54.9 Å². The van der Waals surface area contributed by atoms with E-state index in [2.05, 4.69) is 15.0 Å². The van der Waals surface area contributed by atoms with Crippen LogP contribution in [0.4, 0.5) is 13.6 Å². The van der Waals surface area contributed by atoms with E-state index in [1.165, 1.54) is 12.1 Å². The second kappa shape index (κ2) is 10.9. The summed E-state index contributed by atoms with van der Waals surface area (Å²) in [5.41, 5.74) is 2.84. The lowest BCUT2D eigenvalue weighted by Crippen LogP contribution is -2.44. The maximum absolute atomic E-state index is 13.0. The molecule has 3 heterocycles. The van der Waals surface area contributed by atoms with Crippen molar-refractivity contribution >= 4 is 6.03 Å². The summed E-state index contributed by atoms with van der Waals surface area (Å²) in [5.74, 6) is 1.47. The van der Waals surface area contributed by atoms with Gasteiger partial charge in [-0.25, -0.2) is 14.8 Å². The van der Waals surface area contributed by atoms with Crippen LogP contribution in [0.25, 0.3) is 0 Å². The second-order valence-corrected chi connectivity index (χ2v) is 8.55. The minimum Gasteiger partial charge on any atom is -0.435 e. The molecule has 0 bridgehead atoms. The normalized spacial score (nSPS) is 17.5. The molecule has 0 aliphatic carbocycles. The number of urea groups is 1. The molecule has 0 saturated carbocycles. The monoisotopic (exact) mass is 460 g/mol. The number of carbonyl (C=O) groups is 1. The van der Waals surface area contributed by atoms with Crippen LogP contribution in [0.3, 0.4) is 0 Å². The lowest BCUT2D eigenvalue weighted by molar-refractivity contribution is -0.0498. The van der Waals surface area contributed by atoms with E-state index in [-0.39, 0.29) is 17.8 Å². The molecule has 1 N–H and O–H groups in total. The van der Waals surface area contributed by atoms with Crippen LogP contribution in [0, 0.1) is 5.92 Å². The van der Waals surface area contributed by atoms with Crippen LogP contribution in [-0.4, -0.2) is 47.3 Å². The first-order valence-corrected chi connectivity index (χ1v) is 11.5. The Hall–Kier alpha value is -2.81. The summed E-state index contributed by atoms with van der Waals surface area (Å²) in [6.45, 7) is 1.74. The van der Waals surface area contributed by atoms with Crippen molar-refractivity contribution in [2.45, 2.75) is 58.2 Å². The van der Waals surface area contributed by atoms with E-state index in [9.17, 15) is 13.6 Å². The van der Waals surface area contributed by atoms with E-state index in [1.807, 2.05) is 13.1 Å². The highest BCUT2D eigenvalue weighted by molar-refractivity contribution is 5.75. The first-order chi connectivity index (χ1) is 16.0. The number of ether oxygens (including phenoxy) is 2. The molecular formula is C24H30F2N4O3. The summed E-state index contributed by atoms with van der Waals surface area (Å²) in [5, 5.41) is 3.06. The van der Waals surface area contributed by atoms with Gasteiger partial charge >= 0.3 is 12.6 Å². The third kappa shape index (κ3) is 6.16. The van der Waals surface area contributed by atoms with Gasteiger partial charge in [0.25, 0.3) is 0 Å². The molecule has 2 amide bonds. The van der Waals surface area contributed by atoms with Crippen LogP contribution >= 0.6 is 0 Å². The minimum absolute atomic E-state index is 0.0961. The zero-order chi connectivity index (χ0) is 23.2. The standard InChI is InChI=1S/C24H30F2N4O3/c1-2-20(17-3-5-19(6-4-17)33-23(25)26)29-24(31)30-10-7-18-14-27-22(28-21(18)15-30)13-16-8-11-32-12-9-16/h3-6,14,16,20,23H,2,7-13,15H2,1H3,(H,29,31)/t20-/m0/s1. The number of rotatable bonds is 7. The van der Waals surface area contributed by atoms with E-state index < -0.39 is 6.61 Å². The third-order valence-corrected chi connectivity index (χ3v) is 6.31. The van der Waals surface area contributed by atoms with Crippen molar-refractivity contribution in [3.63, 3.8) is 0 Å². The maximum Gasteiger partial charge on any atom is 0.387 e. The van der Waals surface area contributed by atoms with Crippen LogP contribution in [0.15, 0.2) is 30.5 Å². The highest BCUT2D eigenvalue weighted by atomic mass is 19.3. The molecule has 1 aromatic heterocycles. The molecule has 2 aliphatic rings. The van der Waals surface area contributed by atoms with Gasteiger partial charge in [-0.15, -0.1) is 0 Å². The van der Waals surface area contributed by atoms with E-state index in [0.29, 0.717) is 25.4 Å². The molecule has 178 valence electrons. The average Bonchev–Trinajstić information content (AvgIpc) is 2.83. The van der Waals surface area contributed by atoms with Gasteiger partial charge in [0.2, 0.25) is 0 Å². The summed E-state index contributed by atoms with van der Waals surface area (Å²) in [6, 6.07) is 5.99. The molecule has 1 atom stereocenters. The smallest absolute Gasteiger partial charge is 0.387 e. The second-order valence-electron chi connectivity index (χ2n) is 8.55. The van der Waals surface area contributed by atoms with Crippen molar-refractivity contribution in [2.75, 3.05) is 19.8 Å². The Kier molecular flexibility index (Phi) is 7.69. The maximum atomic E-state index is 13.0. The third-order valence-electron chi connectivity index (χ3n) is 6.31. The van der Waals surface area contributed by atoms with Crippen molar-refractivity contribution in [2.24, 2.45) is 5.92 Å². The van der Waals surface area contributed by atoms with Crippen molar-refractivity contribution in [3.05, 3.63) is 53.1 Å². The van der Waals surface area contributed by atoms with Gasteiger partial charge in [0.1, 0.15) is 11.6 Å². The molecule has 0 spiro atoms. The lowest BCUT2D eigenvalue weighted by atomic mass is 9.96. The summed E-state index contributed by atoms with van der Waals surface area (Å²) in [6.07, 6.45) is 6.20. The Morgan fingerprint density at radius 3 is 2.73 bits per heavy atom. The molecule has 1 saturated heterocycles. The van der Waals surface area contributed by atoms with Gasteiger partial charge in [0.05, 0.1) is 18.3 Å². The number of alkyl halides is 2. The zero-order valence-electron chi connectivity index (χ0n) is 18.8. The minimum atomic E-state index is -2.86. The molecule has 1 aromatic carbocycles. The van der Waals surface area contributed by atoms with E-state index in [1.54, 1.807) is 17.0 Å². The van der Waals surface area contributed by atoms with Gasteiger partial charge < -0.3 is 19.7 Å². The van der Waals surface area contributed by atoms with Gasteiger partial charge in [-0.1, -0.05) is 19.1 Å². The summed E-state index contributed by atoms with van der Waals surface area (Å²) >= 11 is 0. The van der Waals surface area contributed by atoms with Crippen molar-refractivity contribution in [1.29, 1.82) is 0 Å². The summed E-state index contributed by atoms with van der Waals surface area (Å²) in [4.78, 5) is 24.1. The first kappa shape index (κ1) is 23.4. The Bertz CT molecular complexity index is 936. The van der Waals surface area contributed by atoms with Crippen molar-refractivity contribution < 1.29 is 23.0 Å². The fourth-order valence-electron chi connectivity index (χ4n) is 4.37. The first-order valence-electron chi connectivity index (χ1n) is 11.5. The molecule has 4 rings (SSSR count). The summed E-state index contributed by atoms with van der Waals surface area (Å²) in [7, 11) is 0. The number of hydrogen-bond acceptors (Lipinski definition) is 5. The van der Waals surface area contributed by atoms with E-state index >= 15 is 0 Å². The van der Waals surface area contributed by atoms with Crippen LogP contribution in [0.5, 0.6) is 5.75 Å². The summed E-state index contributed by atoms with van der Waals surface area (Å²) < 4.78 is 34.6. The van der Waals surface area contributed by atoms with Gasteiger partial charge in [0, 0.05) is 32.4 Å². The number of benzene rings is 1. The van der Waals surface area contributed by atoms with Gasteiger partial charge in [-0.05, 0) is 54.9 Å². The predicted octanol–water partition coefficient (Wildman–Crippen LogP) is 4.27. The van der Waals surface area contributed by atoms with Gasteiger partial charge in [-0.3, -0.25) is 0 Å². The van der Waals surface area contributed by atoms with Gasteiger partial charge in [-0.2, -0.15) is 8.78 Å². The van der Waals surface area contributed by atoms with E-state index in [0.717, 1.165) is 61.5 Å². The number of carbonyl (C=O) groups excluding carboxylic acids is 1. The number of nitrogens with one attached hydrogen (secondary N) is 1. The Morgan fingerprint density at radius 2 is 2.03 bits per heavy atom.